The number of hydrogen-bond acceptors (Lipinski definition) is 3. The second kappa shape index (κ2) is 6.92. The summed E-state index contributed by atoms with van der Waals surface area (Å²) in [7, 11) is 1.34. The molecule has 0 aliphatic rings. The number of ether oxygens (including phenoxy) is 1. The molecule has 0 bridgehead atoms. The van der Waals surface area contributed by atoms with Crippen molar-refractivity contribution < 1.29 is 9.53 Å². The summed E-state index contributed by atoms with van der Waals surface area (Å²) in [6.45, 7) is 0. The summed E-state index contributed by atoms with van der Waals surface area (Å²) in [5.74, 6) is -0.430. The van der Waals surface area contributed by atoms with Crippen LogP contribution < -0.4 is 5.73 Å². The van der Waals surface area contributed by atoms with Crippen molar-refractivity contribution in [2.45, 2.75) is 6.04 Å². The molecule has 0 spiro atoms. The normalized spacial score (nSPS) is 11.3. The highest BCUT2D eigenvalue weighted by Gasteiger charge is 2.16. The van der Waals surface area contributed by atoms with Gasteiger partial charge in [-0.2, -0.15) is 0 Å². The highest BCUT2D eigenvalue weighted by Crippen LogP contribution is 2.22. The van der Waals surface area contributed by atoms with E-state index in [1.54, 1.807) is 0 Å². The van der Waals surface area contributed by atoms with Crippen molar-refractivity contribution >= 4 is 18.4 Å². The maximum Gasteiger partial charge on any atom is 0.327 e. The van der Waals surface area contributed by atoms with Gasteiger partial charge in [-0.15, -0.1) is 12.4 Å². The Hall–Kier alpha value is -1.84. The fourth-order valence-corrected chi connectivity index (χ4v) is 1.81. The Morgan fingerprint density at radius 2 is 1.68 bits per heavy atom. The number of methoxy groups -OCH3 is 1. The minimum Gasteiger partial charge on any atom is -0.468 e. The second-order valence-electron chi connectivity index (χ2n) is 3.99. The van der Waals surface area contributed by atoms with E-state index in [2.05, 4.69) is 4.74 Å². The smallest absolute Gasteiger partial charge is 0.327 e. The lowest BCUT2D eigenvalue weighted by Gasteiger charge is -2.11. The highest BCUT2D eigenvalue weighted by molar-refractivity contribution is 5.85. The molecule has 0 amide bonds. The summed E-state index contributed by atoms with van der Waals surface area (Å²) in [6, 6.07) is 16.8. The Morgan fingerprint density at radius 3 is 2.32 bits per heavy atom. The second-order valence-corrected chi connectivity index (χ2v) is 3.99. The lowest BCUT2D eigenvalue weighted by molar-refractivity contribution is -0.142. The number of rotatable bonds is 3. The minimum absolute atomic E-state index is 0. The van der Waals surface area contributed by atoms with E-state index in [1.165, 1.54) is 7.11 Å². The molecule has 0 fully saturated rings. The molecular formula is C15H16ClNO2. The van der Waals surface area contributed by atoms with Crippen LogP contribution in [0.25, 0.3) is 11.1 Å². The van der Waals surface area contributed by atoms with Gasteiger partial charge in [0.2, 0.25) is 0 Å². The van der Waals surface area contributed by atoms with E-state index in [4.69, 9.17) is 5.73 Å². The first-order chi connectivity index (χ1) is 8.72. The van der Waals surface area contributed by atoms with Gasteiger partial charge in [-0.3, -0.25) is 4.79 Å². The maximum absolute atomic E-state index is 11.4. The van der Waals surface area contributed by atoms with Gasteiger partial charge >= 0.3 is 5.97 Å². The van der Waals surface area contributed by atoms with Crippen LogP contribution in [0.2, 0.25) is 0 Å². The topological polar surface area (TPSA) is 52.3 Å². The number of hydrogen-bond donors (Lipinski definition) is 1. The van der Waals surface area contributed by atoms with Crippen molar-refractivity contribution in [2.75, 3.05) is 7.11 Å². The largest absolute Gasteiger partial charge is 0.468 e. The number of carbonyl (C=O) groups excluding carboxylic acids is 1. The van der Waals surface area contributed by atoms with Gasteiger partial charge in [0.15, 0.2) is 0 Å². The van der Waals surface area contributed by atoms with Crippen LogP contribution in [0.3, 0.4) is 0 Å². The van der Waals surface area contributed by atoms with Crippen molar-refractivity contribution in [3.05, 3.63) is 60.2 Å². The Kier molecular flexibility index (Phi) is 5.55. The molecule has 19 heavy (non-hydrogen) atoms. The van der Waals surface area contributed by atoms with Gasteiger partial charge in [-0.05, 0) is 22.8 Å². The van der Waals surface area contributed by atoms with E-state index in [1.807, 2.05) is 54.6 Å². The molecule has 0 heterocycles. The molecule has 0 unspecified atom stereocenters. The third-order valence-corrected chi connectivity index (χ3v) is 2.81. The number of halogens is 1. The maximum atomic E-state index is 11.4. The Labute approximate surface area is 118 Å². The lowest BCUT2D eigenvalue weighted by atomic mass is 10.00. The van der Waals surface area contributed by atoms with Crippen molar-refractivity contribution in [3.63, 3.8) is 0 Å². The van der Waals surface area contributed by atoms with Crippen molar-refractivity contribution in [1.82, 2.24) is 0 Å². The lowest BCUT2D eigenvalue weighted by Crippen LogP contribution is -2.22. The summed E-state index contributed by atoms with van der Waals surface area (Å²) < 4.78 is 4.65. The summed E-state index contributed by atoms with van der Waals surface area (Å²) in [5.41, 5.74) is 8.70. The van der Waals surface area contributed by atoms with Gasteiger partial charge < -0.3 is 10.5 Å². The molecule has 4 heteroatoms. The zero-order valence-electron chi connectivity index (χ0n) is 10.6. The molecule has 2 N–H and O–H groups in total. The molecular weight excluding hydrogens is 262 g/mol. The molecule has 0 radical (unpaired) electrons. The van der Waals surface area contributed by atoms with Crippen molar-refractivity contribution in [2.24, 2.45) is 5.73 Å². The third-order valence-electron chi connectivity index (χ3n) is 2.81. The van der Waals surface area contributed by atoms with E-state index in [0.29, 0.717) is 0 Å². The minimum atomic E-state index is -0.737. The van der Waals surface area contributed by atoms with Crippen LogP contribution in [-0.2, 0) is 9.53 Å². The van der Waals surface area contributed by atoms with Crippen molar-refractivity contribution in [3.8, 4) is 11.1 Å². The molecule has 2 aromatic rings. The molecule has 0 aromatic heterocycles. The third kappa shape index (κ3) is 3.56. The molecule has 0 aliphatic carbocycles. The first kappa shape index (κ1) is 15.2. The fourth-order valence-electron chi connectivity index (χ4n) is 1.81. The predicted octanol–water partition coefficient (Wildman–Crippen LogP) is 2.95. The molecule has 100 valence electrons. The summed E-state index contributed by atoms with van der Waals surface area (Å²) in [4.78, 5) is 11.4. The first-order valence-corrected chi connectivity index (χ1v) is 5.71. The Balaban J connectivity index is 0.00000180. The fraction of sp³-hybridized carbons (Fsp3) is 0.133. The molecule has 2 rings (SSSR count). The molecule has 0 saturated carbocycles. The standard InChI is InChI=1S/C15H15NO2.ClH/c1-18-15(17)14(16)13-9-5-8-12(10-13)11-6-3-2-4-7-11;/h2-10,14H,16H2,1H3;1H/t14-;/m1./s1. The van der Waals surface area contributed by atoms with Crippen LogP contribution in [0.4, 0.5) is 0 Å². The van der Waals surface area contributed by atoms with Crippen LogP contribution in [0, 0.1) is 0 Å². The van der Waals surface area contributed by atoms with Crippen LogP contribution in [0.1, 0.15) is 11.6 Å². The van der Waals surface area contributed by atoms with Gasteiger partial charge in [0.05, 0.1) is 7.11 Å². The van der Waals surface area contributed by atoms with Crippen LogP contribution in [0.15, 0.2) is 54.6 Å². The summed E-state index contributed by atoms with van der Waals surface area (Å²) in [5, 5.41) is 0. The molecule has 0 saturated heterocycles. The highest BCUT2D eigenvalue weighted by atomic mass is 35.5. The van der Waals surface area contributed by atoms with Gasteiger partial charge in [0, 0.05) is 0 Å². The van der Waals surface area contributed by atoms with Crippen molar-refractivity contribution in [1.29, 1.82) is 0 Å². The number of carbonyl (C=O) groups is 1. The average Bonchev–Trinajstić information content (AvgIpc) is 2.46. The van der Waals surface area contributed by atoms with E-state index in [0.717, 1.165) is 16.7 Å². The zero-order chi connectivity index (χ0) is 13.0. The van der Waals surface area contributed by atoms with E-state index < -0.39 is 12.0 Å². The number of esters is 1. The monoisotopic (exact) mass is 277 g/mol. The van der Waals surface area contributed by atoms with Gasteiger partial charge in [0.25, 0.3) is 0 Å². The molecule has 0 aliphatic heterocycles. The Bertz CT molecular complexity index is 543. The van der Waals surface area contributed by atoms with Gasteiger partial charge in [-0.25, -0.2) is 0 Å². The van der Waals surface area contributed by atoms with E-state index in [-0.39, 0.29) is 12.4 Å². The summed E-state index contributed by atoms with van der Waals surface area (Å²) >= 11 is 0. The van der Waals surface area contributed by atoms with Crippen LogP contribution >= 0.6 is 12.4 Å². The van der Waals surface area contributed by atoms with E-state index in [9.17, 15) is 4.79 Å². The molecule has 2 aromatic carbocycles. The number of benzene rings is 2. The predicted molar refractivity (Wildman–Crippen MR) is 78.1 cm³/mol. The van der Waals surface area contributed by atoms with Crippen LogP contribution in [0.5, 0.6) is 0 Å². The van der Waals surface area contributed by atoms with Gasteiger partial charge in [-0.1, -0.05) is 48.5 Å². The van der Waals surface area contributed by atoms with Gasteiger partial charge in [0.1, 0.15) is 6.04 Å². The Morgan fingerprint density at radius 1 is 1.05 bits per heavy atom. The molecule has 1 atom stereocenters. The quantitative estimate of drug-likeness (QED) is 0.878. The molecule has 3 nitrogen and oxygen atoms in total. The van der Waals surface area contributed by atoms with Crippen LogP contribution in [-0.4, -0.2) is 13.1 Å². The zero-order valence-corrected chi connectivity index (χ0v) is 11.4. The summed E-state index contributed by atoms with van der Waals surface area (Å²) in [6.07, 6.45) is 0. The van der Waals surface area contributed by atoms with E-state index >= 15 is 0 Å². The SMILES string of the molecule is COC(=O)[C@H](N)c1cccc(-c2ccccc2)c1.Cl. The first-order valence-electron chi connectivity index (χ1n) is 5.71. The number of nitrogens with two attached hydrogens (primary N) is 1. The average molecular weight is 278 g/mol.